The summed E-state index contributed by atoms with van der Waals surface area (Å²) in [5, 5.41) is 1.99. The highest BCUT2D eigenvalue weighted by Gasteiger charge is 2.30. The van der Waals surface area contributed by atoms with Gasteiger partial charge in [0.1, 0.15) is 0 Å². The normalized spacial score (nSPS) is 17.0. The predicted molar refractivity (Wildman–Crippen MR) is 112 cm³/mol. The molecule has 6 nitrogen and oxygen atoms in total. The molecular formula is C22H33N3O3. The van der Waals surface area contributed by atoms with Crippen molar-refractivity contribution in [2.75, 3.05) is 13.2 Å². The van der Waals surface area contributed by atoms with Gasteiger partial charge in [-0.15, -0.1) is 0 Å². The molecule has 1 N–H and O–H groups in total. The van der Waals surface area contributed by atoms with E-state index in [1.165, 1.54) is 0 Å². The van der Waals surface area contributed by atoms with Crippen LogP contribution in [0, 0.1) is 5.92 Å². The van der Waals surface area contributed by atoms with Gasteiger partial charge in [-0.3, -0.25) is 10.0 Å². The summed E-state index contributed by atoms with van der Waals surface area (Å²) in [6, 6.07) is 10.1. The number of rotatable bonds is 9. The van der Waals surface area contributed by atoms with E-state index in [1.807, 2.05) is 50.9 Å². The number of nitrogens with zero attached hydrogens (tertiary/aromatic N) is 2. The van der Waals surface area contributed by atoms with Crippen molar-refractivity contribution < 1.29 is 14.3 Å². The fraction of sp³-hybridized carbons (Fsp3) is 0.545. The average Bonchev–Trinajstić information content (AvgIpc) is 2.68. The number of ether oxygens (including phenoxy) is 2. The maximum Gasteiger partial charge on any atom is 0.513 e. The van der Waals surface area contributed by atoms with Crippen LogP contribution < -0.4 is 5.43 Å². The van der Waals surface area contributed by atoms with Crippen LogP contribution in [-0.2, 0) is 9.47 Å². The molecule has 1 atom stereocenters. The van der Waals surface area contributed by atoms with Crippen molar-refractivity contribution in [1.82, 2.24) is 10.4 Å². The van der Waals surface area contributed by atoms with E-state index in [1.54, 1.807) is 0 Å². The van der Waals surface area contributed by atoms with Crippen LogP contribution in [-0.4, -0.2) is 30.0 Å². The maximum atomic E-state index is 12.1. The van der Waals surface area contributed by atoms with Gasteiger partial charge in [-0.25, -0.2) is 10.2 Å². The van der Waals surface area contributed by atoms with Gasteiger partial charge in [-0.1, -0.05) is 63.9 Å². The van der Waals surface area contributed by atoms with Crippen LogP contribution in [0.25, 0.3) is 0 Å². The number of benzene rings is 1. The van der Waals surface area contributed by atoms with Crippen molar-refractivity contribution in [3.05, 3.63) is 47.4 Å². The first-order chi connectivity index (χ1) is 13.4. The van der Waals surface area contributed by atoms with E-state index in [9.17, 15) is 4.79 Å². The zero-order valence-corrected chi connectivity index (χ0v) is 17.7. The minimum atomic E-state index is -0.693. The van der Waals surface area contributed by atoms with Crippen molar-refractivity contribution in [2.24, 2.45) is 10.9 Å². The molecule has 0 radical (unpaired) electrons. The molecule has 0 fully saturated rings. The summed E-state index contributed by atoms with van der Waals surface area (Å²) in [5.41, 5.74) is 6.04. The zero-order valence-electron chi connectivity index (χ0n) is 17.7. The molecule has 0 saturated heterocycles. The van der Waals surface area contributed by atoms with E-state index < -0.39 is 6.16 Å². The summed E-state index contributed by atoms with van der Waals surface area (Å²) >= 11 is 0. The van der Waals surface area contributed by atoms with Crippen LogP contribution in [0.5, 0.6) is 0 Å². The second kappa shape index (κ2) is 10.9. The van der Waals surface area contributed by atoms with E-state index in [0.717, 1.165) is 37.1 Å². The SMILES string of the molecule is CCCCCNN1C(C)=C(OC(=O)OCC(C)C)C(C)=NC1c1ccccc1. The Hall–Kier alpha value is -2.34. The van der Waals surface area contributed by atoms with Gasteiger partial charge < -0.3 is 9.47 Å². The first kappa shape index (κ1) is 22.0. The fourth-order valence-electron chi connectivity index (χ4n) is 2.98. The number of aliphatic imine (C=N–C) groups is 1. The molecule has 1 aliphatic heterocycles. The molecule has 0 bridgehead atoms. The Morgan fingerprint density at radius 1 is 1.21 bits per heavy atom. The lowest BCUT2D eigenvalue weighted by Crippen LogP contribution is -2.43. The lowest BCUT2D eigenvalue weighted by atomic mass is 10.1. The highest BCUT2D eigenvalue weighted by molar-refractivity contribution is 5.99. The Bertz CT molecular complexity index is 698. The van der Waals surface area contributed by atoms with Crippen molar-refractivity contribution in [2.45, 2.75) is 60.0 Å². The maximum absolute atomic E-state index is 12.1. The molecule has 0 aromatic heterocycles. The van der Waals surface area contributed by atoms with Gasteiger partial charge in [-0.2, -0.15) is 0 Å². The highest BCUT2D eigenvalue weighted by atomic mass is 16.7. The van der Waals surface area contributed by atoms with Gasteiger partial charge >= 0.3 is 6.16 Å². The Morgan fingerprint density at radius 3 is 2.57 bits per heavy atom. The number of hydrogen-bond donors (Lipinski definition) is 1. The number of unbranched alkanes of at least 4 members (excludes halogenated alkanes) is 2. The molecule has 1 aromatic carbocycles. The minimum Gasteiger partial charge on any atom is -0.434 e. The standard InChI is InChI=1S/C22H33N3O3/c1-6-7-11-14-23-25-18(5)20(28-22(26)27-15-16(2)3)17(4)24-21(25)19-12-9-8-10-13-19/h8-10,12-13,16,21,23H,6-7,11,14-15H2,1-5H3. The monoisotopic (exact) mass is 387 g/mol. The molecule has 28 heavy (non-hydrogen) atoms. The number of carbonyl (C=O) groups excluding carboxylic acids is 1. The predicted octanol–water partition coefficient (Wildman–Crippen LogP) is 5.20. The van der Waals surface area contributed by atoms with Crippen LogP contribution in [0.4, 0.5) is 4.79 Å². The van der Waals surface area contributed by atoms with Gasteiger partial charge in [-0.05, 0) is 31.7 Å². The van der Waals surface area contributed by atoms with Crippen LogP contribution in [0.3, 0.4) is 0 Å². The summed E-state index contributed by atoms with van der Waals surface area (Å²) < 4.78 is 10.7. The third-order valence-electron chi connectivity index (χ3n) is 4.46. The summed E-state index contributed by atoms with van der Waals surface area (Å²) in [4.78, 5) is 16.9. The van der Waals surface area contributed by atoms with E-state index in [0.29, 0.717) is 18.1 Å². The Morgan fingerprint density at radius 2 is 1.93 bits per heavy atom. The quantitative estimate of drug-likeness (QED) is 0.466. The fourth-order valence-corrected chi connectivity index (χ4v) is 2.98. The van der Waals surface area contributed by atoms with Crippen molar-refractivity contribution in [3.63, 3.8) is 0 Å². The van der Waals surface area contributed by atoms with Gasteiger partial charge in [0.2, 0.25) is 0 Å². The summed E-state index contributed by atoms with van der Waals surface area (Å²) in [7, 11) is 0. The number of allylic oxidation sites excluding steroid dienone is 2. The van der Waals surface area contributed by atoms with Crippen LogP contribution in [0.1, 0.15) is 65.6 Å². The van der Waals surface area contributed by atoms with Gasteiger partial charge in [0, 0.05) is 6.54 Å². The molecular weight excluding hydrogens is 354 g/mol. The Kier molecular flexibility index (Phi) is 8.51. The molecule has 154 valence electrons. The average molecular weight is 388 g/mol. The molecule has 0 spiro atoms. The zero-order chi connectivity index (χ0) is 20.5. The first-order valence-electron chi connectivity index (χ1n) is 10.1. The number of carbonyl (C=O) groups is 1. The van der Waals surface area contributed by atoms with Gasteiger partial charge in [0.15, 0.2) is 11.9 Å². The topological polar surface area (TPSA) is 63.2 Å². The molecule has 1 heterocycles. The lowest BCUT2D eigenvalue weighted by Gasteiger charge is -2.36. The molecule has 0 saturated carbocycles. The highest BCUT2D eigenvalue weighted by Crippen LogP contribution is 2.31. The molecule has 1 aliphatic rings. The second-order valence-electron chi connectivity index (χ2n) is 7.46. The summed E-state index contributed by atoms with van der Waals surface area (Å²) in [5.74, 6) is 0.701. The minimum absolute atomic E-state index is 0.207. The second-order valence-corrected chi connectivity index (χ2v) is 7.46. The number of hydrazine groups is 1. The number of nitrogens with one attached hydrogen (secondary N) is 1. The smallest absolute Gasteiger partial charge is 0.434 e. The van der Waals surface area contributed by atoms with Crippen LogP contribution >= 0.6 is 0 Å². The molecule has 1 unspecified atom stereocenters. The first-order valence-corrected chi connectivity index (χ1v) is 10.1. The number of hydrogen-bond acceptors (Lipinski definition) is 6. The van der Waals surface area contributed by atoms with Crippen LogP contribution in [0.2, 0.25) is 0 Å². The van der Waals surface area contributed by atoms with Gasteiger partial charge in [0.05, 0.1) is 18.0 Å². The van der Waals surface area contributed by atoms with Gasteiger partial charge in [0.25, 0.3) is 0 Å². The third-order valence-corrected chi connectivity index (χ3v) is 4.46. The van der Waals surface area contributed by atoms with Crippen molar-refractivity contribution in [3.8, 4) is 0 Å². The molecule has 0 amide bonds. The third kappa shape index (κ3) is 6.09. The van der Waals surface area contributed by atoms with E-state index in [-0.39, 0.29) is 12.1 Å². The van der Waals surface area contributed by atoms with E-state index >= 15 is 0 Å². The lowest BCUT2D eigenvalue weighted by molar-refractivity contribution is 0.0658. The Labute approximate surface area is 168 Å². The molecule has 0 aliphatic carbocycles. The van der Waals surface area contributed by atoms with Crippen molar-refractivity contribution in [1.29, 1.82) is 0 Å². The molecule has 2 rings (SSSR count). The van der Waals surface area contributed by atoms with Crippen molar-refractivity contribution >= 4 is 11.9 Å². The molecule has 1 aromatic rings. The largest absolute Gasteiger partial charge is 0.513 e. The summed E-state index contributed by atoms with van der Waals surface area (Å²) in [6.45, 7) is 11.1. The summed E-state index contributed by atoms with van der Waals surface area (Å²) in [6.07, 6.45) is 2.49. The Balaban J connectivity index is 2.22. The van der Waals surface area contributed by atoms with E-state index in [2.05, 4.69) is 24.5 Å². The molecule has 6 heteroatoms. The van der Waals surface area contributed by atoms with E-state index in [4.69, 9.17) is 14.5 Å². The van der Waals surface area contributed by atoms with Crippen LogP contribution in [0.15, 0.2) is 46.8 Å².